The van der Waals surface area contributed by atoms with Crippen LogP contribution in [-0.4, -0.2) is 24.2 Å². The number of amides is 1. The van der Waals surface area contributed by atoms with Crippen LogP contribution < -0.4 is 10.6 Å². The highest BCUT2D eigenvalue weighted by molar-refractivity contribution is 7.99. The Bertz CT molecular complexity index is 479. The van der Waals surface area contributed by atoms with E-state index in [1.54, 1.807) is 23.9 Å². The fourth-order valence-electron chi connectivity index (χ4n) is 2.26. The molecule has 1 aromatic rings. The molecule has 0 spiro atoms. The molecule has 3 nitrogen and oxygen atoms in total. The molecule has 1 amide bonds. The van der Waals surface area contributed by atoms with Gasteiger partial charge < -0.3 is 10.6 Å². The standard InChI is InChI=1S/C15H21FN2OS/c1-10(2)17-7-5-15(19)18-13-6-8-20-14-4-3-11(16)9-12(13)14/h3-4,9-10,13,17H,5-8H2,1-2H3,(H,18,19). The molecule has 110 valence electrons. The molecule has 0 aliphatic carbocycles. The van der Waals surface area contributed by atoms with Gasteiger partial charge in [-0.05, 0) is 30.2 Å². The molecule has 0 bridgehead atoms. The van der Waals surface area contributed by atoms with Crippen LogP contribution in [0.1, 0.15) is 38.3 Å². The van der Waals surface area contributed by atoms with Crippen LogP contribution in [0.25, 0.3) is 0 Å². The van der Waals surface area contributed by atoms with Crippen LogP contribution in [0.5, 0.6) is 0 Å². The molecule has 5 heteroatoms. The largest absolute Gasteiger partial charge is 0.349 e. The molecule has 1 atom stereocenters. The van der Waals surface area contributed by atoms with Gasteiger partial charge in [-0.1, -0.05) is 13.8 Å². The van der Waals surface area contributed by atoms with E-state index in [1.165, 1.54) is 6.07 Å². The number of carbonyl (C=O) groups is 1. The second kappa shape index (κ2) is 7.09. The van der Waals surface area contributed by atoms with Crippen molar-refractivity contribution in [1.82, 2.24) is 10.6 Å². The van der Waals surface area contributed by atoms with E-state index in [4.69, 9.17) is 0 Å². The van der Waals surface area contributed by atoms with Gasteiger partial charge in [0.25, 0.3) is 0 Å². The number of hydrogen-bond acceptors (Lipinski definition) is 3. The Labute approximate surface area is 123 Å². The first-order valence-electron chi connectivity index (χ1n) is 7.01. The number of thioether (sulfide) groups is 1. The molecule has 0 aromatic heterocycles. The summed E-state index contributed by atoms with van der Waals surface area (Å²) >= 11 is 1.72. The van der Waals surface area contributed by atoms with Crippen molar-refractivity contribution in [2.75, 3.05) is 12.3 Å². The normalized spacial score (nSPS) is 17.9. The van der Waals surface area contributed by atoms with E-state index in [-0.39, 0.29) is 17.8 Å². The predicted molar refractivity (Wildman–Crippen MR) is 80.4 cm³/mol. The Morgan fingerprint density at radius 3 is 3.05 bits per heavy atom. The summed E-state index contributed by atoms with van der Waals surface area (Å²) in [6.07, 6.45) is 1.30. The van der Waals surface area contributed by atoms with Gasteiger partial charge in [-0.25, -0.2) is 4.39 Å². The van der Waals surface area contributed by atoms with Crippen LogP contribution in [0.15, 0.2) is 23.1 Å². The van der Waals surface area contributed by atoms with Crippen molar-refractivity contribution in [3.8, 4) is 0 Å². The number of nitrogens with one attached hydrogen (secondary N) is 2. The fourth-order valence-corrected chi connectivity index (χ4v) is 3.36. The molecule has 0 saturated carbocycles. The molecule has 2 N–H and O–H groups in total. The van der Waals surface area contributed by atoms with Crippen LogP contribution in [-0.2, 0) is 4.79 Å². The quantitative estimate of drug-likeness (QED) is 0.878. The van der Waals surface area contributed by atoms with Gasteiger partial charge in [0.15, 0.2) is 0 Å². The van der Waals surface area contributed by atoms with E-state index in [0.717, 1.165) is 22.6 Å². The SMILES string of the molecule is CC(C)NCCC(=O)NC1CCSc2ccc(F)cc21. The molecule has 1 heterocycles. The predicted octanol–water partition coefficient (Wildman–Crippen LogP) is 2.87. The lowest BCUT2D eigenvalue weighted by Crippen LogP contribution is -2.34. The monoisotopic (exact) mass is 296 g/mol. The van der Waals surface area contributed by atoms with Gasteiger partial charge in [0.1, 0.15) is 5.82 Å². The number of benzene rings is 1. The Kier molecular flexibility index (Phi) is 5.43. The Hall–Kier alpha value is -1.07. The van der Waals surface area contributed by atoms with Gasteiger partial charge in [0.05, 0.1) is 6.04 Å². The highest BCUT2D eigenvalue weighted by Gasteiger charge is 2.22. The van der Waals surface area contributed by atoms with E-state index in [2.05, 4.69) is 24.5 Å². The topological polar surface area (TPSA) is 41.1 Å². The highest BCUT2D eigenvalue weighted by atomic mass is 32.2. The second-order valence-electron chi connectivity index (χ2n) is 5.30. The number of hydrogen-bond donors (Lipinski definition) is 2. The van der Waals surface area contributed by atoms with Crippen molar-refractivity contribution in [3.05, 3.63) is 29.6 Å². The first kappa shape index (κ1) is 15.3. The van der Waals surface area contributed by atoms with Crippen molar-refractivity contribution < 1.29 is 9.18 Å². The van der Waals surface area contributed by atoms with Crippen LogP contribution in [0.4, 0.5) is 4.39 Å². The number of rotatable bonds is 5. The molecule has 1 aliphatic heterocycles. The molecular weight excluding hydrogens is 275 g/mol. The van der Waals surface area contributed by atoms with Gasteiger partial charge in [-0.15, -0.1) is 11.8 Å². The zero-order valence-corrected chi connectivity index (χ0v) is 12.7. The van der Waals surface area contributed by atoms with Gasteiger partial charge in [-0.2, -0.15) is 0 Å². The summed E-state index contributed by atoms with van der Waals surface area (Å²) in [4.78, 5) is 13.0. The molecule has 1 unspecified atom stereocenters. The Morgan fingerprint density at radius 1 is 1.50 bits per heavy atom. The van der Waals surface area contributed by atoms with Gasteiger partial charge in [0, 0.05) is 29.7 Å². The van der Waals surface area contributed by atoms with E-state index in [0.29, 0.717) is 19.0 Å². The molecule has 1 aromatic carbocycles. The highest BCUT2D eigenvalue weighted by Crippen LogP contribution is 2.36. The zero-order chi connectivity index (χ0) is 14.5. The maximum Gasteiger partial charge on any atom is 0.221 e. The van der Waals surface area contributed by atoms with Crippen molar-refractivity contribution in [1.29, 1.82) is 0 Å². The van der Waals surface area contributed by atoms with Crippen molar-refractivity contribution in [2.45, 2.75) is 43.7 Å². The number of carbonyl (C=O) groups excluding carboxylic acids is 1. The minimum atomic E-state index is -0.244. The van der Waals surface area contributed by atoms with Crippen LogP contribution in [0.2, 0.25) is 0 Å². The van der Waals surface area contributed by atoms with Crippen molar-refractivity contribution >= 4 is 17.7 Å². The first-order chi connectivity index (χ1) is 9.56. The third-order valence-corrected chi connectivity index (χ3v) is 4.37. The summed E-state index contributed by atoms with van der Waals surface area (Å²) in [5.41, 5.74) is 0.909. The third-order valence-electron chi connectivity index (χ3n) is 3.25. The molecule has 0 fully saturated rings. The molecule has 0 radical (unpaired) electrons. The minimum Gasteiger partial charge on any atom is -0.349 e. The molecule has 0 saturated heterocycles. The van der Waals surface area contributed by atoms with Gasteiger partial charge >= 0.3 is 0 Å². The lowest BCUT2D eigenvalue weighted by atomic mass is 10.0. The van der Waals surface area contributed by atoms with E-state index < -0.39 is 0 Å². The Balaban J connectivity index is 1.94. The lowest BCUT2D eigenvalue weighted by molar-refractivity contribution is -0.121. The van der Waals surface area contributed by atoms with Crippen molar-refractivity contribution in [2.24, 2.45) is 0 Å². The summed E-state index contributed by atoms with van der Waals surface area (Å²) in [5, 5.41) is 6.23. The summed E-state index contributed by atoms with van der Waals surface area (Å²) in [6.45, 7) is 4.77. The maximum absolute atomic E-state index is 13.4. The Morgan fingerprint density at radius 2 is 2.30 bits per heavy atom. The number of halogens is 1. The van der Waals surface area contributed by atoms with E-state index in [1.807, 2.05) is 0 Å². The summed E-state index contributed by atoms with van der Waals surface area (Å²) in [5.74, 6) is 0.727. The average molecular weight is 296 g/mol. The van der Waals surface area contributed by atoms with E-state index in [9.17, 15) is 9.18 Å². The molecule has 20 heavy (non-hydrogen) atoms. The van der Waals surface area contributed by atoms with Gasteiger partial charge in [0.2, 0.25) is 5.91 Å². The molecular formula is C15H21FN2OS. The third kappa shape index (κ3) is 4.21. The smallest absolute Gasteiger partial charge is 0.221 e. The average Bonchev–Trinajstić information content (AvgIpc) is 2.39. The molecule has 2 rings (SSSR count). The second-order valence-corrected chi connectivity index (χ2v) is 6.43. The van der Waals surface area contributed by atoms with Crippen LogP contribution in [0, 0.1) is 5.82 Å². The first-order valence-corrected chi connectivity index (χ1v) is 8.00. The minimum absolute atomic E-state index is 0.0188. The summed E-state index contributed by atoms with van der Waals surface area (Å²) in [6, 6.07) is 5.13. The van der Waals surface area contributed by atoms with Gasteiger partial charge in [-0.3, -0.25) is 4.79 Å². The number of fused-ring (bicyclic) bond motifs is 1. The van der Waals surface area contributed by atoms with Crippen LogP contribution in [0.3, 0.4) is 0 Å². The molecule has 1 aliphatic rings. The summed E-state index contributed by atoms with van der Waals surface area (Å²) < 4.78 is 13.4. The van der Waals surface area contributed by atoms with E-state index >= 15 is 0 Å². The maximum atomic E-state index is 13.4. The fraction of sp³-hybridized carbons (Fsp3) is 0.533. The van der Waals surface area contributed by atoms with Crippen LogP contribution >= 0.6 is 11.8 Å². The summed E-state index contributed by atoms with van der Waals surface area (Å²) in [7, 11) is 0. The van der Waals surface area contributed by atoms with Crippen molar-refractivity contribution in [3.63, 3.8) is 0 Å². The lowest BCUT2D eigenvalue weighted by Gasteiger charge is -2.26. The zero-order valence-electron chi connectivity index (χ0n) is 11.9.